The Morgan fingerprint density at radius 3 is 2.75 bits per heavy atom. The summed E-state index contributed by atoms with van der Waals surface area (Å²) in [7, 11) is 1.52. The number of pyridine rings is 1. The quantitative estimate of drug-likeness (QED) is 0.710. The minimum absolute atomic E-state index is 0.0666. The number of aromatic hydroxyl groups is 1. The number of benzene rings is 2. The van der Waals surface area contributed by atoms with E-state index in [1.165, 1.54) is 7.11 Å². The van der Waals surface area contributed by atoms with Gasteiger partial charge in [0.15, 0.2) is 11.5 Å². The third-order valence-corrected chi connectivity index (χ3v) is 5.18. The number of carbonyl (C=O) groups excluding carboxylic acids is 1. The van der Waals surface area contributed by atoms with Crippen LogP contribution in [0.4, 0.5) is 0 Å². The summed E-state index contributed by atoms with van der Waals surface area (Å²) in [5, 5.41) is 13.7. The van der Waals surface area contributed by atoms with Crippen molar-refractivity contribution in [1.82, 2.24) is 10.3 Å². The van der Waals surface area contributed by atoms with E-state index in [0.29, 0.717) is 18.7 Å². The van der Waals surface area contributed by atoms with E-state index in [1.807, 2.05) is 37.3 Å². The van der Waals surface area contributed by atoms with E-state index in [2.05, 4.69) is 10.3 Å². The van der Waals surface area contributed by atoms with E-state index < -0.39 is 0 Å². The zero-order valence-corrected chi connectivity index (χ0v) is 15.8. The molecule has 1 aromatic heterocycles. The van der Waals surface area contributed by atoms with Gasteiger partial charge in [0.25, 0.3) is 0 Å². The van der Waals surface area contributed by atoms with Crippen LogP contribution in [0.1, 0.15) is 13.3 Å². The molecule has 4 rings (SSSR count). The molecule has 2 unspecified atom stereocenters. The number of hydrogen-bond donors (Lipinski definition) is 2. The molecule has 1 aliphatic rings. The fraction of sp³-hybridized carbons (Fsp3) is 0.273. The Morgan fingerprint density at radius 2 is 2.00 bits per heavy atom. The van der Waals surface area contributed by atoms with Crippen molar-refractivity contribution in [3.05, 3.63) is 48.7 Å². The number of methoxy groups -OCH3 is 1. The third kappa shape index (κ3) is 3.45. The van der Waals surface area contributed by atoms with Crippen LogP contribution in [0.5, 0.6) is 17.2 Å². The summed E-state index contributed by atoms with van der Waals surface area (Å²) in [6.45, 7) is 2.62. The van der Waals surface area contributed by atoms with Crippen LogP contribution in [-0.4, -0.2) is 35.8 Å². The van der Waals surface area contributed by atoms with E-state index in [0.717, 1.165) is 27.8 Å². The van der Waals surface area contributed by atoms with Gasteiger partial charge in [-0.2, -0.15) is 0 Å². The van der Waals surface area contributed by atoms with Crippen LogP contribution in [0.2, 0.25) is 0 Å². The molecular weight excluding hydrogens is 356 g/mol. The minimum atomic E-state index is -0.119. The lowest BCUT2D eigenvalue weighted by molar-refractivity contribution is -0.119. The van der Waals surface area contributed by atoms with Gasteiger partial charge < -0.3 is 19.9 Å². The molecule has 28 heavy (non-hydrogen) atoms. The molecule has 0 radical (unpaired) electrons. The number of phenols is 1. The SMILES string of the molecule is COc1cc(-c2cc(OC(C)C3CNC(=O)C3)c3cccnc3c2)ccc1O. The number of nitrogens with one attached hydrogen (secondary N) is 1. The largest absolute Gasteiger partial charge is 0.504 e. The predicted octanol–water partition coefficient (Wildman–Crippen LogP) is 3.52. The summed E-state index contributed by atoms with van der Waals surface area (Å²) in [4.78, 5) is 16.0. The normalized spacial score (nSPS) is 17.4. The second-order valence-electron chi connectivity index (χ2n) is 7.02. The molecule has 1 amide bonds. The molecule has 0 bridgehead atoms. The van der Waals surface area contributed by atoms with Gasteiger partial charge in [-0.3, -0.25) is 9.78 Å². The molecule has 6 heteroatoms. The summed E-state index contributed by atoms with van der Waals surface area (Å²) in [5.41, 5.74) is 2.61. The van der Waals surface area contributed by atoms with Gasteiger partial charge in [0, 0.05) is 30.5 Å². The van der Waals surface area contributed by atoms with Crippen molar-refractivity contribution >= 4 is 16.8 Å². The van der Waals surface area contributed by atoms with E-state index in [-0.39, 0.29) is 23.7 Å². The molecule has 144 valence electrons. The van der Waals surface area contributed by atoms with Crippen molar-refractivity contribution in [2.45, 2.75) is 19.4 Å². The summed E-state index contributed by atoms with van der Waals surface area (Å²) in [6.07, 6.45) is 2.11. The Morgan fingerprint density at radius 1 is 1.18 bits per heavy atom. The highest BCUT2D eigenvalue weighted by molar-refractivity contribution is 5.90. The van der Waals surface area contributed by atoms with Crippen molar-refractivity contribution in [1.29, 1.82) is 0 Å². The molecule has 2 aromatic carbocycles. The maximum Gasteiger partial charge on any atom is 0.220 e. The number of phenolic OH excluding ortho intramolecular Hbond substituents is 1. The zero-order valence-electron chi connectivity index (χ0n) is 15.8. The first-order valence-electron chi connectivity index (χ1n) is 9.24. The number of rotatable bonds is 5. The van der Waals surface area contributed by atoms with Crippen molar-refractivity contribution in [2.75, 3.05) is 13.7 Å². The molecule has 6 nitrogen and oxygen atoms in total. The Kier molecular flexibility index (Phi) is 4.77. The number of amides is 1. The molecule has 2 heterocycles. The number of aromatic nitrogens is 1. The Labute approximate surface area is 163 Å². The molecule has 0 saturated carbocycles. The lowest BCUT2D eigenvalue weighted by Crippen LogP contribution is -2.25. The fourth-order valence-corrected chi connectivity index (χ4v) is 3.53. The first-order valence-corrected chi connectivity index (χ1v) is 9.24. The van der Waals surface area contributed by atoms with Crippen LogP contribution >= 0.6 is 0 Å². The lowest BCUT2D eigenvalue weighted by atomic mass is 10.0. The van der Waals surface area contributed by atoms with E-state index in [1.54, 1.807) is 18.3 Å². The van der Waals surface area contributed by atoms with Gasteiger partial charge in [-0.15, -0.1) is 0 Å². The van der Waals surface area contributed by atoms with E-state index in [9.17, 15) is 9.90 Å². The van der Waals surface area contributed by atoms with Crippen molar-refractivity contribution in [2.24, 2.45) is 5.92 Å². The third-order valence-electron chi connectivity index (χ3n) is 5.18. The molecular formula is C22H22N2O4. The molecule has 1 aliphatic heterocycles. The maximum absolute atomic E-state index is 11.5. The van der Waals surface area contributed by atoms with Crippen molar-refractivity contribution in [3.8, 4) is 28.4 Å². The van der Waals surface area contributed by atoms with Gasteiger partial charge in [0.2, 0.25) is 5.91 Å². The first kappa shape index (κ1) is 18.1. The van der Waals surface area contributed by atoms with Crippen molar-refractivity contribution < 1.29 is 19.4 Å². The average molecular weight is 378 g/mol. The monoisotopic (exact) mass is 378 g/mol. The average Bonchev–Trinajstić information content (AvgIpc) is 3.15. The highest BCUT2D eigenvalue weighted by atomic mass is 16.5. The summed E-state index contributed by atoms with van der Waals surface area (Å²) in [5.74, 6) is 1.42. The van der Waals surface area contributed by atoms with Crippen LogP contribution < -0.4 is 14.8 Å². The van der Waals surface area contributed by atoms with Gasteiger partial charge in [-0.1, -0.05) is 6.07 Å². The molecule has 1 saturated heterocycles. The minimum Gasteiger partial charge on any atom is -0.504 e. The molecule has 2 atom stereocenters. The van der Waals surface area contributed by atoms with Crippen LogP contribution in [0.15, 0.2) is 48.7 Å². The highest BCUT2D eigenvalue weighted by Gasteiger charge is 2.28. The molecule has 2 N–H and O–H groups in total. The topological polar surface area (TPSA) is 80.7 Å². The maximum atomic E-state index is 11.5. The number of nitrogens with zero attached hydrogens (tertiary/aromatic N) is 1. The number of hydrogen-bond acceptors (Lipinski definition) is 5. The van der Waals surface area contributed by atoms with E-state index >= 15 is 0 Å². The standard InChI is InChI=1S/C22H22N2O4/c1-13(16-11-22(26)24-12-16)28-20-10-15(8-18-17(20)4-3-7-23-18)14-5-6-19(25)21(9-14)27-2/h3-10,13,16,25H,11-12H2,1-2H3,(H,24,26). The Balaban J connectivity index is 1.74. The van der Waals surface area contributed by atoms with Crippen molar-refractivity contribution in [3.63, 3.8) is 0 Å². The molecule has 3 aromatic rings. The lowest BCUT2D eigenvalue weighted by Gasteiger charge is -2.21. The van der Waals surface area contributed by atoms with Crippen LogP contribution in [0.3, 0.4) is 0 Å². The fourth-order valence-electron chi connectivity index (χ4n) is 3.53. The predicted molar refractivity (Wildman–Crippen MR) is 107 cm³/mol. The Hall–Kier alpha value is -3.28. The zero-order chi connectivity index (χ0) is 19.7. The van der Waals surface area contributed by atoms with Gasteiger partial charge in [0.1, 0.15) is 11.9 Å². The van der Waals surface area contributed by atoms with E-state index in [4.69, 9.17) is 9.47 Å². The van der Waals surface area contributed by atoms with Gasteiger partial charge in [-0.05, 0) is 54.4 Å². The second kappa shape index (κ2) is 7.38. The van der Waals surface area contributed by atoms with Crippen LogP contribution in [0, 0.1) is 5.92 Å². The number of carbonyl (C=O) groups is 1. The second-order valence-corrected chi connectivity index (χ2v) is 7.02. The summed E-state index contributed by atoms with van der Waals surface area (Å²) >= 11 is 0. The Bertz CT molecular complexity index is 1030. The molecule has 0 aliphatic carbocycles. The van der Waals surface area contributed by atoms with Gasteiger partial charge in [-0.25, -0.2) is 0 Å². The smallest absolute Gasteiger partial charge is 0.220 e. The molecule has 0 spiro atoms. The van der Waals surface area contributed by atoms with Crippen LogP contribution in [0.25, 0.3) is 22.0 Å². The number of ether oxygens (including phenoxy) is 2. The summed E-state index contributed by atoms with van der Waals surface area (Å²) < 4.78 is 11.5. The number of fused-ring (bicyclic) bond motifs is 1. The first-order chi connectivity index (χ1) is 13.5. The summed E-state index contributed by atoms with van der Waals surface area (Å²) in [6, 6.07) is 13.0. The van der Waals surface area contributed by atoms with Crippen LogP contribution in [-0.2, 0) is 4.79 Å². The molecule has 1 fully saturated rings. The highest BCUT2D eigenvalue weighted by Crippen LogP contribution is 2.36. The van der Waals surface area contributed by atoms with Gasteiger partial charge in [0.05, 0.1) is 12.6 Å². The van der Waals surface area contributed by atoms with Gasteiger partial charge >= 0.3 is 0 Å².